The zero-order valence-electron chi connectivity index (χ0n) is 8.00. The Balaban J connectivity index is 1.94. The van der Waals surface area contributed by atoms with Gasteiger partial charge in [0.05, 0.1) is 0 Å². The number of nitrogens with two attached hydrogens (primary N) is 1. The van der Waals surface area contributed by atoms with Crippen molar-refractivity contribution in [3.8, 4) is 0 Å². The van der Waals surface area contributed by atoms with Gasteiger partial charge < -0.3 is 16.3 Å². The van der Waals surface area contributed by atoms with Gasteiger partial charge in [0.2, 0.25) is 0 Å². The number of oxime groups is 1. The van der Waals surface area contributed by atoms with Gasteiger partial charge in [0.15, 0.2) is 0 Å². The minimum absolute atomic E-state index is 0.305. The van der Waals surface area contributed by atoms with Gasteiger partial charge in [0, 0.05) is 13.0 Å². The molecule has 1 saturated carbocycles. The number of amidine groups is 1. The van der Waals surface area contributed by atoms with Gasteiger partial charge in [-0.2, -0.15) is 0 Å². The van der Waals surface area contributed by atoms with Crippen LogP contribution in [0.15, 0.2) is 5.16 Å². The minimum atomic E-state index is 0.305. The van der Waals surface area contributed by atoms with Gasteiger partial charge in [-0.1, -0.05) is 18.0 Å². The molecule has 0 atom stereocenters. The van der Waals surface area contributed by atoms with Crippen LogP contribution in [-0.2, 0) is 0 Å². The lowest BCUT2D eigenvalue weighted by Gasteiger charge is -2.09. The van der Waals surface area contributed by atoms with E-state index < -0.39 is 0 Å². The normalized spacial score (nSPS) is 19.5. The lowest BCUT2D eigenvalue weighted by Crippen LogP contribution is -2.26. The van der Waals surface area contributed by atoms with Crippen molar-refractivity contribution in [3.05, 3.63) is 0 Å². The van der Waals surface area contributed by atoms with E-state index in [-0.39, 0.29) is 0 Å². The van der Waals surface area contributed by atoms with E-state index in [2.05, 4.69) is 10.5 Å². The first kappa shape index (κ1) is 10.3. The summed E-state index contributed by atoms with van der Waals surface area (Å²) in [4.78, 5) is 0. The van der Waals surface area contributed by atoms with E-state index in [0.29, 0.717) is 12.3 Å². The molecule has 0 amide bonds. The summed E-state index contributed by atoms with van der Waals surface area (Å²) in [6, 6.07) is 0. The summed E-state index contributed by atoms with van der Waals surface area (Å²) in [5, 5.41) is 14.5. The predicted octanol–water partition coefficient (Wildman–Crippen LogP) is 0.903. The van der Waals surface area contributed by atoms with Crippen molar-refractivity contribution in [3.63, 3.8) is 0 Å². The second-order valence-electron chi connectivity index (χ2n) is 3.70. The molecule has 0 heterocycles. The second-order valence-corrected chi connectivity index (χ2v) is 3.70. The number of hydrogen-bond acceptors (Lipinski definition) is 3. The molecule has 0 spiro atoms. The molecule has 0 radical (unpaired) electrons. The first-order chi connectivity index (χ1) is 6.33. The first-order valence-electron chi connectivity index (χ1n) is 5.00. The van der Waals surface area contributed by atoms with Crippen LogP contribution < -0.4 is 11.1 Å². The van der Waals surface area contributed by atoms with E-state index in [9.17, 15) is 0 Å². The second kappa shape index (κ2) is 5.80. The Kier molecular flexibility index (Phi) is 4.60. The maximum absolute atomic E-state index is 8.28. The van der Waals surface area contributed by atoms with Crippen molar-refractivity contribution in [2.75, 3.05) is 13.1 Å². The zero-order chi connectivity index (χ0) is 9.52. The monoisotopic (exact) mass is 185 g/mol. The Bertz CT molecular complexity index is 164. The molecule has 0 aromatic heterocycles. The summed E-state index contributed by atoms with van der Waals surface area (Å²) in [5.41, 5.74) is 5.33. The molecule has 0 bridgehead atoms. The zero-order valence-corrected chi connectivity index (χ0v) is 8.00. The van der Waals surface area contributed by atoms with Gasteiger partial charge in [0.25, 0.3) is 0 Å². The fraction of sp³-hybridized carbons (Fsp3) is 0.889. The molecule has 1 aliphatic rings. The molecule has 76 valence electrons. The Morgan fingerprint density at radius 2 is 2.15 bits per heavy atom. The van der Waals surface area contributed by atoms with Gasteiger partial charge in [-0.3, -0.25) is 0 Å². The third-order valence-corrected chi connectivity index (χ3v) is 2.59. The third-order valence-electron chi connectivity index (χ3n) is 2.59. The molecular weight excluding hydrogens is 166 g/mol. The lowest BCUT2D eigenvalue weighted by molar-refractivity contribution is 0.316. The SMILES string of the molecule is NC(CCNCC1CCCC1)=NO. The molecule has 4 heteroatoms. The largest absolute Gasteiger partial charge is 0.409 e. The number of nitrogens with one attached hydrogen (secondary N) is 1. The maximum Gasteiger partial charge on any atom is 0.140 e. The van der Waals surface area contributed by atoms with Crippen molar-refractivity contribution in [2.45, 2.75) is 32.1 Å². The maximum atomic E-state index is 8.28. The molecule has 0 aliphatic heterocycles. The van der Waals surface area contributed by atoms with Crippen molar-refractivity contribution in [1.82, 2.24) is 5.32 Å². The molecule has 13 heavy (non-hydrogen) atoms. The number of nitrogens with zero attached hydrogens (tertiary/aromatic N) is 1. The van der Waals surface area contributed by atoms with Crippen LogP contribution in [0.1, 0.15) is 32.1 Å². The average molecular weight is 185 g/mol. The van der Waals surface area contributed by atoms with Crippen molar-refractivity contribution in [1.29, 1.82) is 0 Å². The van der Waals surface area contributed by atoms with E-state index in [1.165, 1.54) is 25.7 Å². The van der Waals surface area contributed by atoms with Crippen LogP contribution in [0, 0.1) is 5.92 Å². The summed E-state index contributed by atoms with van der Waals surface area (Å²) >= 11 is 0. The Labute approximate surface area is 79.2 Å². The summed E-state index contributed by atoms with van der Waals surface area (Å²) in [7, 11) is 0. The van der Waals surface area contributed by atoms with Crippen molar-refractivity contribution >= 4 is 5.84 Å². The molecule has 0 saturated heterocycles. The quantitative estimate of drug-likeness (QED) is 0.196. The highest BCUT2D eigenvalue weighted by atomic mass is 16.4. The smallest absolute Gasteiger partial charge is 0.140 e. The first-order valence-corrected chi connectivity index (χ1v) is 5.00. The molecule has 1 aliphatic carbocycles. The Morgan fingerprint density at radius 3 is 2.77 bits per heavy atom. The van der Waals surface area contributed by atoms with Gasteiger partial charge in [0.1, 0.15) is 5.84 Å². The highest BCUT2D eigenvalue weighted by molar-refractivity contribution is 5.79. The minimum Gasteiger partial charge on any atom is -0.409 e. The highest BCUT2D eigenvalue weighted by Crippen LogP contribution is 2.23. The molecule has 0 aromatic rings. The number of hydrogen-bond donors (Lipinski definition) is 3. The summed E-state index contributed by atoms with van der Waals surface area (Å²) in [6.07, 6.45) is 6.11. The summed E-state index contributed by atoms with van der Waals surface area (Å²) in [6.45, 7) is 1.89. The van der Waals surface area contributed by atoms with Crippen molar-refractivity contribution < 1.29 is 5.21 Å². The van der Waals surface area contributed by atoms with Gasteiger partial charge in [-0.15, -0.1) is 0 Å². The van der Waals surface area contributed by atoms with Gasteiger partial charge in [-0.05, 0) is 25.3 Å². The standard InChI is InChI=1S/C9H19N3O/c10-9(12-13)5-6-11-7-8-3-1-2-4-8/h8,11,13H,1-7H2,(H2,10,12). The van der Waals surface area contributed by atoms with Crippen LogP contribution in [0.4, 0.5) is 0 Å². The average Bonchev–Trinajstić information content (AvgIpc) is 2.64. The van der Waals surface area contributed by atoms with Gasteiger partial charge >= 0.3 is 0 Å². The van der Waals surface area contributed by atoms with Crippen LogP contribution in [0.3, 0.4) is 0 Å². The van der Waals surface area contributed by atoms with E-state index in [0.717, 1.165) is 19.0 Å². The van der Waals surface area contributed by atoms with Crippen LogP contribution in [0.25, 0.3) is 0 Å². The van der Waals surface area contributed by atoms with E-state index in [1.807, 2.05) is 0 Å². The van der Waals surface area contributed by atoms with Gasteiger partial charge in [-0.25, -0.2) is 0 Å². The van der Waals surface area contributed by atoms with E-state index >= 15 is 0 Å². The molecule has 4 N–H and O–H groups in total. The van der Waals surface area contributed by atoms with E-state index in [4.69, 9.17) is 10.9 Å². The predicted molar refractivity (Wildman–Crippen MR) is 52.9 cm³/mol. The summed E-state index contributed by atoms with van der Waals surface area (Å²) in [5.74, 6) is 1.16. The highest BCUT2D eigenvalue weighted by Gasteiger charge is 2.13. The molecule has 0 unspecified atom stereocenters. The topological polar surface area (TPSA) is 70.6 Å². The Hall–Kier alpha value is -0.770. The Morgan fingerprint density at radius 1 is 1.46 bits per heavy atom. The summed E-state index contributed by atoms with van der Waals surface area (Å²) < 4.78 is 0. The van der Waals surface area contributed by atoms with Crippen molar-refractivity contribution in [2.24, 2.45) is 16.8 Å². The van der Waals surface area contributed by atoms with E-state index in [1.54, 1.807) is 0 Å². The molecule has 0 aromatic carbocycles. The molecular formula is C9H19N3O. The van der Waals surface area contributed by atoms with Crippen LogP contribution >= 0.6 is 0 Å². The third kappa shape index (κ3) is 4.12. The lowest BCUT2D eigenvalue weighted by atomic mass is 10.1. The fourth-order valence-electron chi connectivity index (χ4n) is 1.79. The number of rotatable bonds is 5. The van der Waals surface area contributed by atoms with Crippen LogP contribution in [0.5, 0.6) is 0 Å². The fourth-order valence-corrected chi connectivity index (χ4v) is 1.79. The van der Waals surface area contributed by atoms with Crippen LogP contribution in [0.2, 0.25) is 0 Å². The molecule has 1 fully saturated rings. The molecule has 1 rings (SSSR count). The molecule has 4 nitrogen and oxygen atoms in total. The van der Waals surface area contributed by atoms with Crippen LogP contribution in [-0.4, -0.2) is 24.1 Å².